The molecule has 6 heteroatoms. The summed E-state index contributed by atoms with van der Waals surface area (Å²) in [5.74, 6) is -0.209. The molecule has 130 valence electrons. The maximum Gasteiger partial charge on any atom is 0.254 e. The predicted octanol–water partition coefficient (Wildman–Crippen LogP) is 2.32. The van der Waals surface area contributed by atoms with Crippen LogP contribution in [0.4, 0.5) is 0 Å². The molecule has 0 spiro atoms. The second kappa shape index (κ2) is 6.02. The van der Waals surface area contributed by atoms with Gasteiger partial charge in [-0.05, 0) is 55.4 Å². The SMILES string of the molecule is CCOc1cc(/C=N\N2C(=O)[C@@H]3[C@H](C2=O)[C@@H]2C=C[C@@H]3CC2)ccc1O. The molecule has 5 rings (SSSR count). The van der Waals surface area contributed by atoms with E-state index in [-0.39, 0.29) is 41.2 Å². The molecule has 1 aromatic carbocycles. The fourth-order valence-electron chi connectivity index (χ4n) is 4.18. The number of carbonyl (C=O) groups is 2. The Morgan fingerprint density at radius 1 is 1.20 bits per heavy atom. The maximum atomic E-state index is 12.7. The second-order valence-electron chi connectivity index (χ2n) is 6.73. The third-order valence-corrected chi connectivity index (χ3v) is 5.34. The number of phenolic OH excluding ortho intramolecular Hbond substituents is 1. The molecule has 25 heavy (non-hydrogen) atoms. The van der Waals surface area contributed by atoms with Gasteiger partial charge in [-0.15, -0.1) is 0 Å². The van der Waals surface area contributed by atoms with Crippen LogP contribution in [0, 0.1) is 23.7 Å². The van der Waals surface area contributed by atoms with Crippen LogP contribution in [0.5, 0.6) is 11.5 Å². The molecule has 1 aliphatic heterocycles. The van der Waals surface area contributed by atoms with Crippen molar-refractivity contribution in [2.45, 2.75) is 19.8 Å². The minimum atomic E-state index is -0.257. The smallest absolute Gasteiger partial charge is 0.254 e. The van der Waals surface area contributed by atoms with Crippen LogP contribution >= 0.6 is 0 Å². The van der Waals surface area contributed by atoms with Crippen molar-refractivity contribution < 1.29 is 19.4 Å². The number of hydrazone groups is 1. The van der Waals surface area contributed by atoms with Crippen molar-refractivity contribution in [1.82, 2.24) is 5.01 Å². The summed E-state index contributed by atoms with van der Waals surface area (Å²) in [6, 6.07) is 4.79. The number of fused-ring (bicyclic) bond motifs is 1. The molecule has 2 fully saturated rings. The lowest BCUT2D eigenvalue weighted by atomic mass is 9.63. The number of hydrogen-bond acceptors (Lipinski definition) is 5. The van der Waals surface area contributed by atoms with Crippen molar-refractivity contribution in [3.8, 4) is 11.5 Å². The standard InChI is InChI=1S/C19H20N2O4/c1-2-25-15-9-11(3-8-14(15)22)10-20-21-18(23)16-12-4-5-13(7-6-12)17(16)19(21)24/h3-5,8-10,12-13,16-17,22H,2,6-7H2,1H3/b20-10-/t12-,13-,16-,17+/m1/s1. The number of nitrogens with zero attached hydrogens (tertiary/aromatic N) is 2. The Hall–Kier alpha value is -2.63. The molecular formula is C19H20N2O4. The van der Waals surface area contributed by atoms with E-state index < -0.39 is 0 Å². The molecule has 0 unspecified atom stereocenters. The highest BCUT2D eigenvalue weighted by molar-refractivity contribution is 6.06. The van der Waals surface area contributed by atoms with Gasteiger partial charge in [-0.2, -0.15) is 10.1 Å². The number of allylic oxidation sites excluding steroid dienone is 2. The zero-order chi connectivity index (χ0) is 17.6. The van der Waals surface area contributed by atoms with E-state index in [4.69, 9.17) is 4.74 Å². The number of rotatable bonds is 4. The molecule has 4 aliphatic rings. The van der Waals surface area contributed by atoms with Gasteiger partial charge in [0.1, 0.15) is 0 Å². The fraction of sp³-hybridized carbons (Fsp3) is 0.421. The van der Waals surface area contributed by atoms with Gasteiger partial charge in [0, 0.05) is 0 Å². The van der Waals surface area contributed by atoms with Crippen molar-refractivity contribution >= 4 is 18.0 Å². The van der Waals surface area contributed by atoms with Crippen LogP contribution in [0.3, 0.4) is 0 Å². The lowest BCUT2D eigenvalue weighted by Crippen LogP contribution is -2.38. The van der Waals surface area contributed by atoms with Gasteiger partial charge in [0.15, 0.2) is 11.5 Å². The summed E-state index contributed by atoms with van der Waals surface area (Å²) in [7, 11) is 0. The lowest BCUT2D eigenvalue weighted by molar-refractivity contribution is -0.140. The predicted molar refractivity (Wildman–Crippen MR) is 91.1 cm³/mol. The van der Waals surface area contributed by atoms with E-state index in [1.54, 1.807) is 12.1 Å². The quantitative estimate of drug-likeness (QED) is 0.518. The van der Waals surface area contributed by atoms with Gasteiger partial charge in [-0.1, -0.05) is 12.2 Å². The molecule has 1 aromatic rings. The van der Waals surface area contributed by atoms with E-state index in [1.165, 1.54) is 12.3 Å². The monoisotopic (exact) mass is 340 g/mol. The van der Waals surface area contributed by atoms with Crippen molar-refractivity contribution in [1.29, 1.82) is 0 Å². The third kappa shape index (κ3) is 2.52. The summed E-state index contributed by atoms with van der Waals surface area (Å²) in [6.45, 7) is 2.25. The molecule has 2 bridgehead atoms. The molecule has 1 saturated carbocycles. The maximum absolute atomic E-state index is 12.7. The van der Waals surface area contributed by atoms with Gasteiger partial charge in [0.05, 0.1) is 24.7 Å². The highest BCUT2D eigenvalue weighted by Crippen LogP contribution is 2.49. The van der Waals surface area contributed by atoms with Gasteiger partial charge < -0.3 is 9.84 Å². The average molecular weight is 340 g/mol. The molecule has 2 amide bonds. The number of amides is 2. The normalized spacial score (nSPS) is 30.4. The molecule has 3 aliphatic carbocycles. The Balaban J connectivity index is 1.57. The van der Waals surface area contributed by atoms with Crippen molar-refractivity contribution in [3.63, 3.8) is 0 Å². The van der Waals surface area contributed by atoms with Crippen molar-refractivity contribution in [3.05, 3.63) is 35.9 Å². The number of imide groups is 1. The molecule has 0 radical (unpaired) electrons. The topological polar surface area (TPSA) is 79.2 Å². The van der Waals surface area contributed by atoms with E-state index in [1.807, 2.05) is 6.92 Å². The molecule has 1 N–H and O–H groups in total. The Labute approximate surface area is 145 Å². The summed E-state index contributed by atoms with van der Waals surface area (Å²) >= 11 is 0. The first-order chi connectivity index (χ1) is 12.1. The van der Waals surface area contributed by atoms with Gasteiger partial charge in [-0.3, -0.25) is 9.59 Å². The zero-order valence-electron chi connectivity index (χ0n) is 14.0. The number of ether oxygens (including phenoxy) is 1. The molecule has 6 nitrogen and oxygen atoms in total. The summed E-state index contributed by atoms with van der Waals surface area (Å²) in [6.07, 6.45) is 7.57. The van der Waals surface area contributed by atoms with E-state index >= 15 is 0 Å². The lowest BCUT2D eigenvalue weighted by Gasteiger charge is -2.37. The Morgan fingerprint density at radius 2 is 1.84 bits per heavy atom. The van der Waals surface area contributed by atoms with Gasteiger partial charge in [-0.25, -0.2) is 0 Å². The number of carbonyl (C=O) groups excluding carboxylic acids is 2. The first-order valence-electron chi connectivity index (χ1n) is 8.66. The van der Waals surface area contributed by atoms with Crippen LogP contribution in [0.2, 0.25) is 0 Å². The van der Waals surface area contributed by atoms with Gasteiger partial charge >= 0.3 is 0 Å². The number of phenols is 1. The molecule has 1 saturated heterocycles. The fourth-order valence-corrected chi connectivity index (χ4v) is 4.18. The van der Waals surface area contributed by atoms with Gasteiger partial charge in [0.25, 0.3) is 11.8 Å². The van der Waals surface area contributed by atoms with E-state index in [0.717, 1.165) is 17.9 Å². The third-order valence-electron chi connectivity index (χ3n) is 5.34. The zero-order valence-corrected chi connectivity index (χ0v) is 14.0. The number of benzene rings is 1. The summed E-state index contributed by atoms with van der Waals surface area (Å²) < 4.78 is 5.34. The highest BCUT2D eigenvalue weighted by Gasteiger charge is 2.56. The molecule has 4 atom stereocenters. The van der Waals surface area contributed by atoms with Crippen LogP contribution in [0.25, 0.3) is 0 Å². The Bertz CT molecular complexity index is 754. The molecule has 1 heterocycles. The Kier molecular flexibility index (Phi) is 3.82. The van der Waals surface area contributed by atoms with E-state index in [2.05, 4.69) is 17.3 Å². The number of hydrogen-bond donors (Lipinski definition) is 1. The second-order valence-corrected chi connectivity index (χ2v) is 6.73. The minimum Gasteiger partial charge on any atom is -0.504 e. The first kappa shape index (κ1) is 15.9. The summed E-state index contributed by atoms with van der Waals surface area (Å²) in [5.41, 5.74) is 0.651. The van der Waals surface area contributed by atoms with Crippen LogP contribution in [0.15, 0.2) is 35.5 Å². The van der Waals surface area contributed by atoms with Crippen LogP contribution in [-0.4, -0.2) is 34.8 Å². The van der Waals surface area contributed by atoms with E-state index in [0.29, 0.717) is 17.9 Å². The first-order valence-corrected chi connectivity index (χ1v) is 8.66. The van der Waals surface area contributed by atoms with Crippen LogP contribution in [-0.2, 0) is 9.59 Å². The van der Waals surface area contributed by atoms with Crippen LogP contribution < -0.4 is 4.74 Å². The van der Waals surface area contributed by atoms with Crippen LogP contribution in [0.1, 0.15) is 25.3 Å². The minimum absolute atomic E-state index is 0.0426. The number of aromatic hydroxyl groups is 1. The molecular weight excluding hydrogens is 320 g/mol. The van der Waals surface area contributed by atoms with Gasteiger partial charge in [0.2, 0.25) is 0 Å². The summed E-state index contributed by atoms with van der Waals surface area (Å²) in [4.78, 5) is 25.4. The molecule has 0 aromatic heterocycles. The van der Waals surface area contributed by atoms with Crippen molar-refractivity contribution in [2.75, 3.05) is 6.61 Å². The van der Waals surface area contributed by atoms with E-state index in [9.17, 15) is 14.7 Å². The summed E-state index contributed by atoms with van der Waals surface area (Å²) in [5, 5.41) is 14.9. The highest BCUT2D eigenvalue weighted by atomic mass is 16.5. The van der Waals surface area contributed by atoms with Crippen molar-refractivity contribution in [2.24, 2.45) is 28.8 Å². The average Bonchev–Trinajstić information content (AvgIpc) is 2.90. The largest absolute Gasteiger partial charge is 0.504 e. The Morgan fingerprint density at radius 3 is 2.40 bits per heavy atom.